The fourth-order valence-corrected chi connectivity index (χ4v) is 1.33. The molecule has 0 spiro atoms. The van der Waals surface area contributed by atoms with E-state index in [1.165, 1.54) is 30.9 Å². The van der Waals surface area contributed by atoms with Crippen LogP contribution in [0.5, 0.6) is 0 Å². The largest absolute Gasteiger partial charge is 0.478 e. The first kappa shape index (κ1) is 11.7. The van der Waals surface area contributed by atoms with Crippen molar-refractivity contribution in [1.82, 2.24) is 9.97 Å². The van der Waals surface area contributed by atoms with Gasteiger partial charge in [-0.25, -0.2) is 4.79 Å². The highest BCUT2D eigenvalue weighted by Crippen LogP contribution is 2.10. The van der Waals surface area contributed by atoms with E-state index in [4.69, 9.17) is 5.11 Å². The summed E-state index contributed by atoms with van der Waals surface area (Å²) >= 11 is 0. The van der Waals surface area contributed by atoms with E-state index in [0.717, 1.165) is 0 Å². The van der Waals surface area contributed by atoms with E-state index in [1.807, 2.05) is 0 Å². The lowest BCUT2D eigenvalue weighted by Crippen LogP contribution is -2.12. The maximum Gasteiger partial charge on any atom is 0.337 e. The number of carboxylic acids is 1. The van der Waals surface area contributed by atoms with Gasteiger partial charge in [0.2, 0.25) is 0 Å². The molecule has 0 aliphatic rings. The van der Waals surface area contributed by atoms with Crippen LogP contribution < -0.4 is 5.32 Å². The maximum atomic E-state index is 11.8. The molecule has 2 N–H and O–H groups in total. The van der Waals surface area contributed by atoms with Crippen LogP contribution >= 0.6 is 0 Å². The Morgan fingerprint density at radius 1 is 1.06 bits per heavy atom. The van der Waals surface area contributed by atoms with Crippen LogP contribution in [0.3, 0.4) is 0 Å². The second kappa shape index (κ2) is 5.05. The molecule has 2 aromatic rings. The molecule has 6 nitrogen and oxygen atoms in total. The average Bonchev–Trinajstić information content (AvgIpc) is 2.40. The smallest absolute Gasteiger partial charge is 0.337 e. The summed E-state index contributed by atoms with van der Waals surface area (Å²) in [5.41, 5.74) is 0.782. The second-order valence-corrected chi connectivity index (χ2v) is 3.46. The van der Waals surface area contributed by atoms with Crippen molar-refractivity contribution >= 4 is 17.6 Å². The topological polar surface area (TPSA) is 92.2 Å². The third-order valence-corrected chi connectivity index (χ3v) is 2.19. The minimum atomic E-state index is -1.09. The van der Waals surface area contributed by atoms with Crippen LogP contribution in [0.15, 0.2) is 43.0 Å². The third-order valence-electron chi connectivity index (χ3n) is 2.19. The Morgan fingerprint density at radius 2 is 1.78 bits per heavy atom. The number of nitrogens with one attached hydrogen (secondary N) is 1. The number of pyridine rings is 2. The van der Waals surface area contributed by atoms with Crippen molar-refractivity contribution in [2.24, 2.45) is 0 Å². The Kier molecular flexibility index (Phi) is 3.29. The standard InChI is InChI=1S/C12H9N3O3/c16-11(8-1-3-13-4-2-8)15-10-5-9(12(17)18)6-14-7-10/h1-7H,(H,15,16)(H,17,18). The van der Waals surface area contributed by atoms with Crippen LogP contribution in [0.4, 0.5) is 5.69 Å². The number of nitrogens with zero attached hydrogens (tertiary/aromatic N) is 2. The monoisotopic (exact) mass is 243 g/mol. The minimum Gasteiger partial charge on any atom is -0.478 e. The molecular formula is C12H9N3O3. The molecule has 18 heavy (non-hydrogen) atoms. The van der Waals surface area contributed by atoms with E-state index in [-0.39, 0.29) is 11.5 Å². The summed E-state index contributed by atoms with van der Waals surface area (Å²) in [6.45, 7) is 0. The Morgan fingerprint density at radius 3 is 2.44 bits per heavy atom. The lowest BCUT2D eigenvalue weighted by Gasteiger charge is -2.05. The van der Waals surface area contributed by atoms with Gasteiger partial charge in [-0.05, 0) is 18.2 Å². The molecule has 2 rings (SSSR count). The van der Waals surface area contributed by atoms with E-state index < -0.39 is 5.97 Å². The van der Waals surface area contributed by atoms with E-state index in [1.54, 1.807) is 12.1 Å². The van der Waals surface area contributed by atoms with Crippen molar-refractivity contribution in [2.75, 3.05) is 5.32 Å². The zero-order valence-corrected chi connectivity index (χ0v) is 9.20. The highest BCUT2D eigenvalue weighted by atomic mass is 16.4. The summed E-state index contributed by atoms with van der Waals surface area (Å²) in [4.78, 5) is 30.1. The van der Waals surface area contributed by atoms with Gasteiger partial charge in [0, 0.05) is 24.2 Å². The van der Waals surface area contributed by atoms with Gasteiger partial charge in [0.1, 0.15) is 0 Å². The number of hydrogen-bond acceptors (Lipinski definition) is 4. The number of carbonyl (C=O) groups excluding carboxylic acids is 1. The number of anilines is 1. The predicted molar refractivity (Wildman–Crippen MR) is 63.4 cm³/mol. The zero-order valence-electron chi connectivity index (χ0n) is 9.20. The number of aromatic nitrogens is 2. The molecule has 1 amide bonds. The first-order valence-corrected chi connectivity index (χ1v) is 5.06. The van der Waals surface area contributed by atoms with E-state index in [0.29, 0.717) is 11.3 Å². The first-order valence-electron chi connectivity index (χ1n) is 5.06. The molecular weight excluding hydrogens is 234 g/mol. The second-order valence-electron chi connectivity index (χ2n) is 3.46. The van der Waals surface area contributed by atoms with Gasteiger partial charge in [0.15, 0.2) is 0 Å². The van der Waals surface area contributed by atoms with Gasteiger partial charge in [-0.15, -0.1) is 0 Å². The normalized spacial score (nSPS) is 9.78. The lowest BCUT2D eigenvalue weighted by molar-refractivity contribution is 0.0696. The van der Waals surface area contributed by atoms with E-state index >= 15 is 0 Å². The van der Waals surface area contributed by atoms with Gasteiger partial charge < -0.3 is 10.4 Å². The van der Waals surface area contributed by atoms with Crippen molar-refractivity contribution in [1.29, 1.82) is 0 Å². The van der Waals surface area contributed by atoms with Gasteiger partial charge in [-0.2, -0.15) is 0 Å². The quantitative estimate of drug-likeness (QED) is 0.850. The maximum absolute atomic E-state index is 11.8. The molecule has 0 radical (unpaired) electrons. The van der Waals surface area contributed by atoms with E-state index in [2.05, 4.69) is 15.3 Å². The summed E-state index contributed by atoms with van der Waals surface area (Å²) in [5.74, 6) is -1.44. The summed E-state index contributed by atoms with van der Waals surface area (Å²) in [7, 11) is 0. The van der Waals surface area contributed by atoms with Crippen molar-refractivity contribution in [3.8, 4) is 0 Å². The summed E-state index contributed by atoms with van der Waals surface area (Å²) < 4.78 is 0. The summed E-state index contributed by atoms with van der Waals surface area (Å²) in [6.07, 6.45) is 5.59. The number of aromatic carboxylic acids is 1. The highest BCUT2D eigenvalue weighted by Gasteiger charge is 2.08. The number of carboxylic acid groups (broad SMARTS) is 1. The molecule has 0 unspecified atom stereocenters. The Labute approximate surface area is 102 Å². The van der Waals surface area contributed by atoms with Crippen molar-refractivity contribution in [2.45, 2.75) is 0 Å². The predicted octanol–water partition coefficient (Wildman–Crippen LogP) is 1.43. The van der Waals surface area contributed by atoms with Gasteiger partial charge in [-0.3, -0.25) is 14.8 Å². The van der Waals surface area contributed by atoms with Gasteiger partial charge in [0.05, 0.1) is 17.4 Å². The van der Waals surface area contributed by atoms with Gasteiger partial charge in [-0.1, -0.05) is 0 Å². The molecule has 0 saturated heterocycles. The SMILES string of the molecule is O=C(O)c1cncc(NC(=O)c2ccncc2)c1. The summed E-state index contributed by atoms with van der Waals surface area (Å²) in [5, 5.41) is 11.4. The van der Waals surface area contributed by atoms with Crippen LogP contribution in [0.2, 0.25) is 0 Å². The van der Waals surface area contributed by atoms with Crippen LogP contribution in [-0.4, -0.2) is 27.0 Å². The molecule has 0 bridgehead atoms. The highest BCUT2D eigenvalue weighted by molar-refractivity contribution is 6.04. The molecule has 2 aromatic heterocycles. The van der Waals surface area contributed by atoms with E-state index in [9.17, 15) is 9.59 Å². The molecule has 90 valence electrons. The summed E-state index contributed by atoms with van der Waals surface area (Å²) in [6, 6.07) is 4.46. The molecule has 0 aromatic carbocycles. The van der Waals surface area contributed by atoms with Crippen LogP contribution in [0.1, 0.15) is 20.7 Å². The fraction of sp³-hybridized carbons (Fsp3) is 0. The Hall–Kier alpha value is -2.76. The molecule has 0 aliphatic carbocycles. The molecule has 0 atom stereocenters. The minimum absolute atomic E-state index is 0.0162. The molecule has 6 heteroatoms. The fourth-order valence-electron chi connectivity index (χ4n) is 1.33. The number of carbonyl (C=O) groups is 2. The molecule has 2 heterocycles. The third kappa shape index (κ3) is 2.67. The van der Waals surface area contributed by atoms with Crippen LogP contribution in [0, 0.1) is 0 Å². The average molecular weight is 243 g/mol. The van der Waals surface area contributed by atoms with Crippen molar-refractivity contribution < 1.29 is 14.7 Å². The van der Waals surface area contributed by atoms with Crippen molar-refractivity contribution in [3.63, 3.8) is 0 Å². The van der Waals surface area contributed by atoms with Crippen LogP contribution in [0.25, 0.3) is 0 Å². The lowest BCUT2D eigenvalue weighted by atomic mass is 10.2. The van der Waals surface area contributed by atoms with Crippen LogP contribution in [-0.2, 0) is 0 Å². The zero-order chi connectivity index (χ0) is 13.0. The number of rotatable bonds is 3. The molecule has 0 aliphatic heterocycles. The Balaban J connectivity index is 2.17. The number of amides is 1. The van der Waals surface area contributed by atoms with Crippen molar-refractivity contribution in [3.05, 3.63) is 54.1 Å². The molecule has 0 fully saturated rings. The number of hydrogen-bond donors (Lipinski definition) is 2. The molecule has 0 saturated carbocycles. The van der Waals surface area contributed by atoms with Gasteiger partial charge in [0.25, 0.3) is 5.91 Å². The Bertz CT molecular complexity index is 584. The first-order chi connectivity index (χ1) is 8.66. The van der Waals surface area contributed by atoms with Gasteiger partial charge >= 0.3 is 5.97 Å².